The summed E-state index contributed by atoms with van der Waals surface area (Å²) in [6.45, 7) is 2.03. The molecule has 1 aliphatic rings. The van der Waals surface area contributed by atoms with E-state index in [9.17, 15) is 14.7 Å². The third kappa shape index (κ3) is 2.66. The molecule has 1 atom stereocenters. The molecule has 0 spiro atoms. The summed E-state index contributed by atoms with van der Waals surface area (Å²) in [6.07, 6.45) is 0.633. The SMILES string of the molecule is CCOC(=O)CC1=CC(=O)CC1O. The monoisotopic (exact) mass is 184 g/mol. The first-order valence-corrected chi connectivity index (χ1v) is 4.20. The summed E-state index contributed by atoms with van der Waals surface area (Å²) in [7, 11) is 0. The maximum Gasteiger partial charge on any atom is 0.310 e. The molecule has 0 bridgehead atoms. The smallest absolute Gasteiger partial charge is 0.310 e. The lowest BCUT2D eigenvalue weighted by atomic mass is 10.1. The number of ether oxygens (including phenoxy) is 1. The van der Waals surface area contributed by atoms with Gasteiger partial charge in [-0.1, -0.05) is 0 Å². The van der Waals surface area contributed by atoms with E-state index in [1.807, 2.05) is 0 Å². The number of ketones is 1. The number of aliphatic hydroxyl groups is 1. The van der Waals surface area contributed by atoms with Gasteiger partial charge in [0.25, 0.3) is 0 Å². The van der Waals surface area contributed by atoms with Crippen LogP contribution in [-0.4, -0.2) is 29.6 Å². The highest BCUT2D eigenvalue weighted by molar-refractivity contribution is 5.95. The van der Waals surface area contributed by atoms with Crippen LogP contribution in [0.1, 0.15) is 19.8 Å². The van der Waals surface area contributed by atoms with E-state index in [0.717, 1.165) is 0 Å². The molecular weight excluding hydrogens is 172 g/mol. The summed E-state index contributed by atoms with van der Waals surface area (Å²) in [4.78, 5) is 21.8. The molecule has 4 nitrogen and oxygen atoms in total. The maximum absolute atomic E-state index is 11.0. The Morgan fingerprint density at radius 3 is 2.92 bits per heavy atom. The topological polar surface area (TPSA) is 63.6 Å². The van der Waals surface area contributed by atoms with Gasteiger partial charge in [-0.05, 0) is 18.6 Å². The van der Waals surface area contributed by atoms with Crippen molar-refractivity contribution in [3.8, 4) is 0 Å². The standard InChI is InChI=1S/C9H12O4/c1-2-13-9(12)4-6-3-7(10)5-8(6)11/h3,8,11H,2,4-5H2,1H3. The number of aliphatic hydroxyl groups excluding tert-OH is 1. The number of esters is 1. The van der Waals surface area contributed by atoms with Gasteiger partial charge in [0.2, 0.25) is 0 Å². The lowest BCUT2D eigenvalue weighted by Gasteiger charge is -2.06. The fraction of sp³-hybridized carbons (Fsp3) is 0.556. The fourth-order valence-electron chi connectivity index (χ4n) is 1.23. The van der Waals surface area contributed by atoms with Crippen molar-refractivity contribution < 1.29 is 19.4 Å². The Kier molecular flexibility index (Phi) is 3.19. The second kappa shape index (κ2) is 4.18. The largest absolute Gasteiger partial charge is 0.466 e. The van der Waals surface area contributed by atoms with Gasteiger partial charge in [0, 0.05) is 6.42 Å². The number of carbonyl (C=O) groups excluding carboxylic acids is 2. The van der Waals surface area contributed by atoms with Crippen molar-refractivity contribution in [2.75, 3.05) is 6.61 Å². The van der Waals surface area contributed by atoms with Crippen molar-refractivity contribution in [2.45, 2.75) is 25.9 Å². The summed E-state index contributed by atoms with van der Waals surface area (Å²) in [5.41, 5.74) is 0.462. The first-order chi connectivity index (χ1) is 6.13. The van der Waals surface area contributed by atoms with Crippen molar-refractivity contribution in [3.05, 3.63) is 11.6 Å². The van der Waals surface area contributed by atoms with Crippen molar-refractivity contribution in [1.82, 2.24) is 0 Å². The molecule has 0 aromatic rings. The quantitative estimate of drug-likeness (QED) is 0.636. The molecule has 0 aromatic heterocycles. The van der Waals surface area contributed by atoms with Gasteiger partial charge in [-0.25, -0.2) is 0 Å². The predicted molar refractivity (Wildman–Crippen MR) is 45.0 cm³/mol. The van der Waals surface area contributed by atoms with E-state index in [4.69, 9.17) is 0 Å². The summed E-state index contributed by atoms with van der Waals surface area (Å²) >= 11 is 0. The Morgan fingerprint density at radius 1 is 1.77 bits per heavy atom. The molecule has 0 radical (unpaired) electrons. The van der Waals surface area contributed by atoms with E-state index in [0.29, 0.717) is 12.2 Å². The molecule has 1 unspecified atom stereocenters. The number of rotatable bonds is 3. The van der Waals surface area contributed by atoms with Gasteiger partial charge in [0.15, 0.2) is 5.78 Å². The van der Waals surface area contributed by atoms with E-state index >= 15 is 0 Å². The average Bonchev–Trinajstić information content (AvgIpc) is 2.30. The third-order valence-corrected chi connectivity index (χ3v) is 1.82. The van der Waals surface area contributed by atoms with Gasteiger partial charge in [-0.3, -0.25) is 9.59 Å². The van der Waals surface area contributed by atoms with Crippen LogP contribution in [0.25, 0.3) is 0 Å². The minimum atomic E-state index is -0.795. The van der Waals surface area contributed by atoms with Crippen LogP contribution in [-0.2, 0) is 14.3 Å². The second-order valence-electron chi connectivity index (χ2n) is 2.89. The molecule has 13 heavy (non-hydrogen) atoms. The molecule has 0 saturated carbocycles. The van der Waals surface area contributed by atoms with Crippen molar-refractivity contribution >= 4 is 11.8 Å². The van der Waals surface area contributed by atoms with Gasteiger partial charge in [-0.15, -0.1) is 0 Å². The van der Waals surface area contributed by atoms with Crippen LogP contribution in [0.4, 0.5) is 0 Å². The van der Waals surface area contributed by atoms with Crippen LogP contribution in [0.15, 0.2) is 11.6 Å². The third-order valence-electron chi connectivity index (χ3n) is 1.82. The molecule has 0 saturated heterocycles. The molecule has 1 rings (SSSR count). The molecule has 0 amide bonds. The Bertz CT molecular complexity index is 254. The van der Waals surface area contributed by atoms with E-state index in [-0.39, 0.29) is 18.6 Å². The number of allylic oxidation sites excluding steroid dienone is 1. The van der Waals surface area contributed by atoms with Crippen LogP contribution < -0.4 is 0 Å². The first kappa shape index (κ1) is 9.92. The summed E-state index contributed by atoms with van der Waals surface area (Å²) in [6, 6.07) is 0. The highest BCUT2D eigenvalue weighted by Gasteiger charge is 2.24. The van der Waals surface area contributed by atoms with Gasteiger partial charge < -0.3 is 9.84 Å². The molecule has 1 N–H and O–H groups in total. The Balaban J connectivity index is 2.49. The van der Waals surface area contributed by atoms with Crippen LogP contribution >= 0.6 is 0 Å². The van der Waals surface area contributed by atoms with Gasteiger partial charge >= 0.3 is 5.97 Å². The Morgan fingerprint density at radius 2 is 2.46 bits per heavy atom. The molecule has 72 valence electrons. The minimum absolute atomic E-state index is 0.0146. The van der Waals surface area contributed by atoms with Crippen molar-refractivity contribution in [2.24, 2.45) is 0 Å². The zero-order valence-corrected chi connectivity index (χ0v) is 7.45. The molecule has 0 fully saturated rings. The van der Waals surface area contributed by atoms with E-state index in [1.54, 1.807) is 6.92 Å². The number of hydrogen-bond donors (Lipinski definition) is 1. The molecular formula is C9H12O4. The van der Waals surface area contributed by atoms with Gasteiger partial charge in [0.1, 0.15) is 0 Å². The van der Waals surface area contributed by atoms with E-state index < -0.39 is 12.1 Å². The molecule has 0 heterocycles. The van der Waals surface area contributed by atoms with Crippen LogP contribution in [0, 0.1) is 0 Å². The average molecular weight is 184 g/mol. The summed E-state index contributed by atoms with van der Waals surface area (Å²) in [5.74, 6) is -0.533. The Hall–Kier alpha value is -1.16. The summed E-state index contributed by atoms with van der Waals surface area (Å²) < 4.78 is 4.69. The van der Waals surface area contributed by atoms with Crippen molar-refractivity contribution in [3.63, 3.8) is 0 Å². The highest BCUT2D eigenvalue weighted by Crippen LogP contribution is 2.19. The second-order valence-corrected chi connectivity index (χ2v) is 2.89. The Labute approximate surface area is 76.2 Å². The van der Waals surface area contributed by atoms with E-state index in [2.05, 4.69) is 4.74 Å². The number of carbonyl (C=O) groups is 2. The number of hydrogen-bond acceptors (Lipinski definition) is 4. The van der Waals surface area contributed by atoms with Gasteiger partial charge in [0.05, 0.1) is 19.1 Å². The van der Waals surface area contributed by atoms with E-state index in [1.165, 1.54) is 6.08 Å². The summed E-state index contributed by atoms with van der Waals surface area (Å²) in [5, 5.41) is 9.28. The van der Waals surface area contributed by atoms with Crippen LogP contribution in [0.5, 0.6) is 0 Å². The fourth-order valence-corrected chi connectivity index (χ4v) is 1.23. The maximum atomic E-state index is 11.0. The lowest BCUT2D eigenvalue weighted by molar-refractivity contribution is -0.142. The van der Waals surface area contributed by atoms with Gasteiger partial charge in [-0.2, -0.15) is 0 Å². The normalized spacial score (nSPS) is 21.5. The van der Waals surface area contributed by atoms with Crippen LogP contribution in [0.3, 0.4) is 0 Å². The van der Waals surface area contributed by atoms with Crippen LogP contribution in [0.2, 0.25) is 0 Å². The molecule has 0 aliphatic heterocycles. The first-order valence-electron chi connectivity index (χ1n) is 4.20. The minimum Gasteiger partial charge on any atom is -0.466 e. The molecule has 0 aromatic carbocycles. The van der Waals surface area contributed by atoms with Crippen molar-refractivity contribution in [1.29, 1.82) is 0 Å². The zero-order chi connectivity index (χ0) is 9.84. The molecule has 4 heteroatoms. The lowest BCUT2D eigenvalue weighted by Crippen LogP contribution is -2.12. The highest BCUT2D eigenvalue weighted by atomic mass is 16.5. The zero-order valence-electron chi connectivity index (χ0n) is 7.45. The molecule has 1 aliphatic carbocycles. The predicted octanol–water partition coefficient (Wildman–Crippen LogP) is 0.200.